The van der Waals surface area contributed by atoms with Crippen LogP contribution in [0.1, 0.15) is 15.9 Å². The lowest BCUT2D eigenvalue weighted by Gasteiger charge is -2.14. The Kier molecular flexibility index (Phi) is 4.46. The van der Waals surface area contributed by atoms with E-state index in [4.69, 9.17) is 0 Å². The van der Waals surface area contributed by atoms with E-state index in [0.717, 1.165) is 29.1 Å². The van der Waals surface area contributed by atoms with Gasteiger partial charge in [0.15, 0.2) is 0 Å². The summed E-state index contributed by atoms with van der Waals surface area (Å²) in [7, 11) is -4.62. The van der Waals surface area contributed by atoms with Crippen LogP contribution in [-0.2, 0) is 16.2 Å². The Labute approximate surface area is 146 Å². The number of hydrogen-bond donors (Lipinski definition) is 3. The standard InChI is InChI=1S/C16H12F3N3O3S/c17-16(18,19)12-3-1-2-4-14(12)26(24,25)22-21-15(23)11-5-6-13-10(9-11)7-8-20-13/h1-9,20,22H,(H,21,23). The van der Waals surface area contributed by atoms with E-state index in [1.165, 1.54) is 12.1 Å². The molecule has 0 radical (unpaired) electrons. The number of fused-ring (bicyclic) bond motifs is 1. The number of carbonyl (C=O) groups excluding carboxylic acids is 1. The van der Waals surface area contributed by atoms with Crippen molar-refractivity contribution in [1.82, 2.24) is 15.2 Å². The first-order valence-corrected chi connectivity index (χ1v) is 8.72. The maximum Gasteiger partial charge on any atom is 0.417 e. The molecular weight excluding hydrogens is 371 g/mol. The molecule has 0 aliphatic carbocycles. The Bertz CT molecular complexity index is 1070. The molecule has 0 fully saturated rings. The van der Waals surface area contributed by atoms with Crippen molar-refractivity contribution in [2.24, 2.45) is 0 Å². The fraction of sp³-hybridized carbons (Fsp3) is 0.0625. The van der Waals surface area contributed by atoms with Gasteiger partial charge in [0.25, 0.3) is 15.9 Å². The lowest BCUT2D eigenvalue weighted by molar-refractivity contribution is -0.139. The predicted octanol–water partition coefficient (Wildman–Crippen LogP) is 2.81. The minimum Gasteiger partial charge on any atom is -0.361 e. The monoisotopic (exact) mass is 383 g/mol. The van der Waals surface area contributed by atoms with Crippen molar-refractivity contribution >= 4 is 26.8 Å². The van der Waals surface area contributed by atoms with Crippen molar-refractivity contribution in [2.45, 2.75) is 11.1 Å². The van der Waals surface area contributed by atoms with Crippen LogP contribution in [-0.4, -0.2) is 19.3 Å². The number of hydrazine groups is 1. The molecule has 3 rings (SSSR count). The molecule has 136 valence electrons. The second-order valence-electron chi connectivity index (χ2n) is 5.33. The quantitative estimate of drug-likeness (QED) is 0.605. The topological polar surface area (TPSA) is 91.1 Å². The number of aromatic nitrogens is 1. The van der Waals surface area contributed by atoms with Gasteiger partial charge in [-0.3, -0.25) is 10.2 Å². The van der Waals surface area contributed by atoms with Gasteiger partial charge >= 0.3 is 6.18 Å². The summed E-state index contributed by atoms with van der Waals surface area (Å²) in [6, 6.07) is 10.00. The Hall–Kier alpha value is -2.85. The minimum atomic E-state index is -4.85. The van der Waals surface area contributed by atoms with Crippen LogP contribution >= 0.6 is 0 Å². The van der Waals surface area contributed by atoms with Gasteiger partial charge in [-0.15, -0.1) is 4.83 Å². The molecule has 0 aliphatic heterocycles. The second-order valence-corrected chi connectivity index (χ2v) is 6.98. The number of benzene rings is 2. The van der Waals surface area contributed by atoms with Gasteiger partial charge < -0.3 is 4.98 Å². The number of sulfonamides is 1. The maximum absolute atomic E-state index is 13.0. The zero-order valence-electron chi connectivity index (χ0n) is 13.0. The lowest BCUT2D eigenvalue weighted by Crippen LogP contribution is -2.42. The van der Waals surface area contributed by atoms with E-state index in [2.05, 4.69) is 4.98 Å². The Morgan fingerprint density at radius 2 is 1.77 bits per heavy atom. The summed E-state index contributed by atoms with van der Waals surface area (Å²) in [5, 5.41) is 0.725. The summed E-state index contributed by atoms with van der Waals surface area (Å²) in [5.41, 5.74) is 1.52. The van der Waals surface area contributed by atoms with Crippen LogP contribution in [0.4, 0.5) is 13.2 Å². The zero-order chi connectivity index (χ0) is 18.9. The molecule has 0 saturated heterocycles. The van der Waals surface area contributed by atoms with Gasteiger partial charge in [-0.2, -0.15) is 13.2 Å². The molecule has 0 saturated carbocycles. The summed E-state index contributed by atoms with van der Waals surface area (Å²) in [6.45, 7) is 0. The number of rotatable bonds is 4. The van der Waals surface area contributed by atoms with Crippen LogP contribution in [0, 0.1) is 0 Å². The van der Waals surface area contributed by atoms with Crippen molar-refractivity contribution in [1.29, 1.82) is 0 Å². The first kappa shape index (κ1) is 18.0. The number of aromatic amines is 1. The van der Waals surface area contributed by atoms with Gasteiger partial charge in [-0.1, -0.05) is 12.1 Å². The normalized spacial score (nSPS) is 12.3. The third-order valence-electron chi connectivity index (χ3n) is 3.60. The zero-order valence-corrected chi connectivity index (χ0v) is 13.8. The van der Waals surface area contributed by atoms with E-state index >= 15 is 0 Å². The molecule has 3 aromatic rings. The van der Waals surface area contributed by atoms with Gasteiger partial charge in [0.1, 0.15) is 0 Å². The van der Waals surface area contributed by atoms with Crippen LogP contribution in [0.2, 0.25) is 0 Å². The highest BCUT2D eigenvalue weighted by atomic mass is 32.2. The third kappa shape index (κ3) is 3.55. The van der Waals surface area contributed by atoms with Gasteiger partial charge in [-0.25, -0.2) is 8.42 Å². The average Bonchev–Trinajstić information content (AvgIpc) is 3.06. The maximum atomic E-state index is 13.0. The molecule has 1 heterocycles. The molecule has 0 unspecified atom stereocenters. The number of hydrogen-bond acceptors (Lipinski definition) is 3. The van der Waals surface area contributed by atoms with Crippen molar-refractivity contribution in [3.8, 4) is 0 Å². The summed E-state index contributed by atoms with van der Waals surface area (Å²) in [6.07, 6.45) is -3.18. The van der Waals surface area contributed by atoms with Crippen LogP contribution in [0.25, 0.3) is 10.9 Å². The van der Waals surface area contributed by atoms with E-state index in [1.54, 1.807) is 23.2 Å². The summed E-state index contributed by atoms with van der Waals surface area (Å²) < 4.78 is 63.3. The van der Waals surface area contributed by atoms with E-state index < -0.39 is 32.6 Å². The van der Waals surface area contributed by atoms with Crippen molar-refractivity contribution in [3.63, 3.8) is 0 Å². The largest absolute Gasteiger partial charge is 0.417 e. The highest BCUT2D eigenvalue weighted by molar-refractivity contribution is 7.89. The van der Waals surface area contributed by atoms with E-state index in [9.17, 15) is 26.4 Å². The number of halogens is 3. The molecule has 0 bridgehead atoms. The van der Waals surface area contributed by atoms with Gasteiger partial charge in [0.05, 0.1) is 10.5 Å². The van der Waals surface area contributed by atoms with Crippen LogP contribution in [0.15, 0.2) is 59.6 Å². The summed E-state index contributed by atoms with van der Waals surface area (Å²) in [4.78, 5) is 15.7. The molecule has 3 N–H and O–H groups in total. The molecule has 26 heavy (non-hydrogen) atoms. The molecule has 0 aliphatic rings. The fourth-order valence-corrected chi connectivity index (χ4v) is 3.44. The van der Waals surface area contributed by atoms with Crippen molar-refractivity contribution in [3.05, 3.63) is 65.9 Å². The van der Waals surface area contributed by atoms with Gasteiger partial charge in [0.2, 0.25) is 0 Å². The predicted molar refractivity (Wildman–Crippen MR) is 87.5 cm³/mol. The highest BCUT2D eigenvalue weighted by Crippen LogP contribution is 2.33. The number of alkyl halides is 3. The van der Waals surface area contributed by atoms with Gasteiger partial charge in [0, 0.05) is 22.7 Å². The van der Waals surface area contributed by atoms with Crippen LogP contribution in [0.3, 0.4) is 0 Å². The number of H-pyrrole nitrogens is 1. The van der Waals surface area contributed by atoms with Crippen molar-refractivity contribution < 1.29 is 26.4 Å². The lowest BCUT2D eigenvalue weighted by atomic mass is 10.1. The first-order chi connectivity index (χ1) is 12.2. The molecule has 1 aromatic heterocycles. The fourth-order valence-electron chi connectivity index (χ4n) is 2.37. The number of amides is 1. The van der Waals surface area contributed by atoms with Crippen LogP contribution in [0.5, 0.6) is 0 Å². The minimum absolute atomic E-state index is 0.143. The van der Waals surface area contributed by atoms with Crippen molar-refractivity contribution in [2.75, 3.05) is 0 Å². The molecule has 0 atom stereocenters. The van der Waals surface area contributed by atoms with Crippen LogP contribution < -0.4 is 10.3 Å². The molecule has 2 aromatic carbocycles. The average molecular weight is 383 g/mol. The summed E-state index contributed by atoms with van der Waals surface area (Å²) in [5.74, 6) is -0.804. The highest BCUT2D eigenvalue weighted by Gasteiger charge is 2.36. The molecule has 0 spiro atoms. The van der Waals surface area contributed by atoms with E-state index in [-0.39, 0.29) is 5.56 Å². The smallest absolute Gasteiger partial charge is 0.361 e. The molecule has 10 heteroatoms. The van der Waals surface area contributed by atoms with Gasteiger partial charge in [-0.05, 0) is 36.4 Å². The second kappa shape index (κ2) is 6.46. The molecule has 1 amide bonds. The molecule has 6 nitrogen and oxygen atoms in total. The molecular formula is C16H12F3N3O3S. The third-order valence-corrected chi connectivity index (χ3v) is 4.90. The SMILES string of the molecule is O=C(NNS(=O)(=O)c1ccccc1C(F)(F)F)c1ccc2[nH]ccc2c1. The van der Waals surface area contributed by atoms with E-state index in [0.29, 0.717) is 6.07 Å². The van der Waals surface area contributed by atoms with E-state index in [1.807, 2.05) is 5.43 Å². The first-order valence-electron chi connectivity index (χ1n) is 7.24. The summed E-state index contributed by atoms with van der Waals surface area (Å²) >= 11 is 0. The number of nitrogens with one attached hydrogen (secondary N) is 3. The Morgan fingerprint density at radius 1 is 1.04 bits per heavy atom. The number of carbonyl (C=O) groups is 1. The Balaban J connectivity index is 1.81. The Morgan fingerprint density at radius 3 is 2.50 bits per heavy atom.